The Morgan fingerprint density at radius 1 is 1.40 bits per heavy atom. The lowest BCUT2D eigenvalue weighted by molar-refractivity contribution is 0.0101. The molecule has 1 nitrogen and oxygen atoms in total. The van der Waals surface area contributed by atoms with Crippen LogP contribution in [0.25, 0.3) is 0 Å². The van der Waals surface area contributed by atoms with Crippen LogP contribution < -0.4 is 0 Å². The second-order valence-electron chi connectivity index (χ2n) is 4.14. The van der Waals surface area contributed by atoms with Crippen molar-refractivity contribution < 1.29 is 5.11 Å². The van der Waals surface area contributed by atoms with Gasteiger partial charge in [-0.25, -0.2) is 0 Å². The molecular weight excluding hydrogens is 184 g/mol. The van der Waals surface area contributed by atoms with Crippen molar-refractivity contribution in [2.24, 2.45) is 5.92 Å². The van der Waals surface area contributed by atoms with Gasteiger partial charge in [-0.2, -0.15) is 0 Å². The van der Waals surface area contributed by atoms with Gasteiger partial charge in [-0.15, -0.1) is 6.58 Å². The van der Waals surface area contributed by atoms with E-state index in [9.17, 15) is 5.11 Å². The molecule has 1 aromatic carbocycles. The lowest BCUT2D eigenvalue weighted by atomic mass is 9.80. The van der Waals surface area contributed by atoms with Crippen molar-refractivity contribution in [3.8, 4) is 0 Å². The van der Waals surface area contributed by atoms with Crippen LogP contribution in [-0.2, 0) is 5.60 Å². The molecule has 0 aromatic heterocycles. The molecule has 2 atom stereocenters. The number of rotatable bonds is 5. The molecule has 1 rings (SSSR count). The van der Waals surface area contributed by atoms with Gasteiger partial charge in [0.05, 0.1) is 5.60 Å². The second kappa shape index (κ2) is 5.13. The average Bonchev–Trinajstić information content (AvgIpc) is 2.27. The minimum absolute atomic E-state index is 0.116. The molecule has 0 saturated carbocycles. The lowest BCUT2D eigenvalue weighted by Gasteiger charge is -2.31. The minimum atomic E-state index is -0.807. The summed E-state index contributed by atoms with van der Waals surface area (Å²) in [7, 11) is 0. The highest BCUT2D eigenvalue weighted by Crippen LogP contribution is 2.32. The van der Waals surface area contributed by atoms with Gasteiger partial charge in [0.1, 0.15) is 0 Å². The highest BCUT2D eigenvalue weighted by Gasteiger charge is 2.30. The first-order valence-electron chi connectivity index (χ1n) is 5.53. The van der Waals surface area contributed by atoms with Crippen LogP contribution in [-0.4, -0.2) is 5.11 Å². The van der Waals surface area contributed by atoms with Crippen molar-refractivity contribution in [2.45, 2.75) is 32.3 Å². The Bertz CT molecular complexity index is 300. The Morgan fingerprint density at radius 2 is 2.00 bits per heavy atom. The molecule has 0 aliphatic rings. The third-order valence-corrected chi connectivity index (χ3v) is 2.96. The van der Waals surface area contributed by atoms with Crippen LogP contribution in [0.4, 0.5) is 0 Å². The van der Waals surface area contributed by atoms with E-state index in [1.165, 1.54) is 0 Å². The van der Waals surface area contributed by atoms with Crippen LogP contribution in [0.5, 0.6) is 0 Å². The standard InChI is InChI=1S/C14H20O/c1-4-9-12(5-2)14(3,15)13-10-7-6-8-11-13/h5-8,10-12,15H,2,4,9H2,1,3H3. The van der Waals surface area contributed by atoms with Crippen LogP contribution in [0.2, 0.25) is 0 Å². The van der Waals surface area contributed by atoms with Gasteiger partial charge in [0, 0.05) is 5.92 Å². The molecule has 0 aliphatic carbocycles. The van der Waals surface area contributed by atoms with Crippen molar-refractivity contribution in [1.29, 1.82) is 0 Å². The molecule has 0 spiro atoms. The van der Waals surface area contributed by atoms with E-state index in [0.29, 0.717) is 0 Å². The molecule has 15 heavy (non-hydrogen) atoms. The summed E-state index contributed by atoms with van der Waals surface area (Å²) in [5.74, 6) is 0.116. The third kappa shape index (κ3) is 2.69. The summed E-state index contributed by atoms with van der Waals surface area (Å²) in [6, 6.07) is 9.80. The Kier molecular flexibility index (Phi) is 4.10. The van der Waals surface area contributed by atoms with Crippen LogP contribution >= 0.6 is 0 Å². The van der Waals surface area contributed by atoms with E-state index in [1.807, 2.05) is 43.3 Å². The lowest BCUT2D eigenvalue weighted by Crippen LogP contribution is -2.30. The minimum Gasteiger partial charge on any atom is -0.385 e. The summed E-state index contributed by atoms with van der Waals surface area (Å²) in [4.78, 5) is 0. The molecule has 0 saturated heterocycles. The van der Waals surface area contributed by atoms with Gasteiger partial charge in [0.25, 0.3) is 0 Å². The molecular formula is C14H20O. The zero-order valence-corrected chi connectivity index (χ0v) is 9.61. The Hall–Kier alpha value is -1.08. The zero-order chi connectivity index (χ0) is 11.3. The Morgan fingerprint density at radius 3 is 2.47 bits per heavy atom. The fourth-order valence-electron chi connectivity index (χ4n) is 1.93. The zero-order valence-electron chi connectivity index (χ0n) is 9.61. The highest BCUT2D eigenvalue weighted by molar-refractivity contribution is 5.23. The largest absolute Gasteiger partial charge is 0.385 e. The number of aliphatic hydroxyl groups is 1. The summed E-state index contributed by atoms with van der Waals surface area (Å²) in [6.07, 6.45) is 3.88. The molecule has 0 heterocycles. The molecule has 0 amide bonds. The maximum Gasteiger partial charge on any atom is 0.0930 e. The topological polar surface area (TPSA) is 20.2 Å². The summed E-state index contributed by atoms with van der Waals surface area (Å²) < 4.78 is 0. The number of hydrogen-bond donors (Lipinski definition) is 1. The summed E-state index contributed by atoms with van der Waals surface area (Å²) in [6.45, 7) is 7.80. The molecule has 0 bridgehead atoms. The summed E-state index contributed by atoms with van der Waals surface area (Å²) >= 11 is 0. The predicted octanol–water partition coefficient (Wildman–Crippen LogP) is 3.50. The number of benzene rings is 1. The molecule has 0 aliphatic heterocycles. The molecule has 1 aromatic rings. The van der Waals surface area contributed by atoms with Crippen LogP contribution in [0, 0.1) is 5.92 Å². The van der Waals surface area contributed by atoms with Gasteiger partial charge >= 0.3 is 0 Å². The fraction of sp³-hybridized carbons (Fsp3) is 0.429. The normalized spacial score (nSPS) is 16.7. The smallest absolute Gasteiger partial charge is 0.0930 e. The van der Waals surface area contributed by atoms with Gasteiger partial charge in [0.15, 0.2) is 0 Å². The first-order chi connectivity index (χ1) is 7.12. The SMILES string of the molecule is C=CC(CCC)C(C)(O)c1ccccc1. The van der Waals surface area contributed by atoms with Gasteiger partial charge < -0.3 is 5.11 Å². The van der Waals surface area contributed by atoms with Crippen LogP contribution in [0.3, 0.4) is 0 Å². The van der Waals surface area contributed by atoms with Crippen molar-refractivity contribution in [3.05, 3.63) is 48.6 Å². The summed E-state index contributed by atoms with van der Waals surface area (Å²) in [5, 5.41) is 10.5. The molecule has 1 heteroatoms. The number of hydrogen-bond acceptors (Lipinski definition) is 1. The van der Waals surface area contributed by atoms with Gasteiger partial charge in [-0.3, -0.25) is 0 Å². The van der Waals surface area contributed by atoms with E-state index in [1.54, 1.807) is 0 Å². The van der Waals surface area contributed by atoms with Crippen LogP contribution in [0.15, 0.2) is 43.0 Å². The third-order valence-electron chi connectivity index (χ3n) is 2.96. The van der Waals surface area contributed by atoms with E-state index in [-0.39, 0.29) is 5.92 Å². The molecule has 0 fully saturated rings. The van der Waals surface area contributed by atoms with E-state index < -0.39 is 5.60 Å². The van der Waals surface area contributed by atoms with Gasteiger partial charge in [-0.1, -0.05) is 49.8 Å². The van der Waals surface area contributed by atoms with E-state index in [4.69, 9.17) is 0 Å². The second-order valence-corrected chi connectivity index (χ2v) is 4.14. The van der Waals surface area contributed by atoms with Crippen LogP contribution in [0.1, 0.15) is 32.3 Å². The predicted molar refractivity (Wildman–Crippen MR) is 64.6 cm³/mol. The van der Waals surface area contributed by atoms with Crippen molar-refractivity contribution >= 4 is 0 Å². The van der Waals surface area contributed by atoms with Gasteiger partial charge in [0.2, 0.25) is 0 Å². The molecule has 2 unspecified atom stereocenters. The van der Waals surface area contributed by atoms with E-state index in [0.717, 1.165) is 18.4 Å². The highest BCUT2D eigenvalue weighted by atomic mass is 16.3. The van der Waals surface area contributed by atoms with Crippen molar-refractivity contribution in [3.63, 3.8) is 0 Å². The summed E-state index contributed by atoms with van der Waals surface area (Å²) in [5.41, 5.74) is 0.155. The van der Waals surface area contributed by atoms with Gasteiger partial charge in [-0.05, 0) is 18.9 Å². The van der Waals surface area contributed by atoms with E-state index >= 15 is 0 Å². The monoisotopic (exact) mass is 204 g/mol. The average molecular weight is 204 g/mol. The van der Waals surface area contributed by atoms with E-state index in [2.05, 4.69) is 13.5 Å². The Labute approximate surface area is 92.5 Å². The fourth-order valence-corrected chi connectivity index (χ4v) is 1.93. The first kappa shape index (κ1) is 12.0. The Balaban J connectivity index is 2.94. The van der Waals surface area contributed by atoms with Crippen molar-refractivity contribution in [2.75, 3.05) is 0 Å². The molecule has 1 N–H and O–H groups in total. The van der Waals surface area contributed by atoms with Crippen molar-refractivity contribution in [1.82, 2.24) is 0 Å². The maximum absolute atomic E-state index is 10.5. The molecule has 82 valence electrons. The first-order valence-corrected chi connectivity index (χ1v) is 5.53. The quantitative estimate of drug-likeness (QED) is 0.728. The maximum atomic E-state index is 10.5. The molecule has 0 radical (unpaired) electrons.